The van der Waals surface area contributed by atoms with Crippen LogP contribution in [0.25, 0.3) is 0 Å². The van der Waals surface area contributed by atoms with Gasteiger partial charge in [-0.05, 0) is 56.5 Å². The lowest BCUT2D eigenvalue weighted by Crippen LogP contribution is -2.40. The number of nitrogens with zero attached hydrogens (tertiary/aromatic N) is 2. The topological polar surface area (TPSA) is 86.2 Å². The zero-order valence-electron chi connectivity index (χ0n) is 18.5. The lowest BCUT2D eigenvalue weighted by atomic mass is 10.1. The Bertz CT molecular complexity index is 896. The summed E-state index contributed by atoms with van der Waals surface area (Å²) in [6, 6.07) is 15.4. The Morgan fingerprint density at radius 3 is 2.61 bits per heavy atom. The van der Waals surface area contributed by atoms with Gasteiger partial charge in [0.1, 0.15) is 12.3 Å². The second-order valence-corrected chi connectivity index (χ2v) is 7.75. The fourth-order valence-corrected chi connectivity index (χ4v) is 3.52. The number of nitrogens with one attached hydrogen (secondary N) is 2. The van der Waals surface area contributed by atoms with Crippen molar-refractivity contribution in [3.8, 4) is 5.75 Å². The second-order valence-electron chi connectivity index (χ2n) is 7.75. The molecule has 0 aromatic heterocycles. The average Bonchev–Trinajstić information content (AvgIpc) is 3.19. The van der Waals surface area contributed by atoms with Crippen molar-refractivity contribution >= 4 is 17.6 Å². The minimum Gasteiger partial charge on any atom is -0.491 e. The van der Waals surface area contributed by atoms with Gasteiger partial charge >= 0.3 is 0 Å². The molecule has 31 heavy (non-hydrogen) atoms. The Morgan fingerprint density at radius 1 is 1.16 bits per heavy atom. The molecule has 0 bridgehead atoms. The van der Waals surface area contributed by atoms with Crippen LogP contribution in [0, 0.1) is 0 Å². The van der Waals surface area contributed by atoms with Gasteiger partial charge in [0, 0.05) is 25.3 Å². The number of carbonyl (C=O) groups is 1. The summed E-state index contributed by atoms with van der Waals surface area (Å²) < 4.78 is 5.64. The van der Waals surface area contributed by atoms with E-state index in [2.05, 4.69) is 21.7 Å². The van der Waals surface area contributed by atoms with Gasteiger partial charge in [0.15, 0.2) is 5.96 Å². The first-order valence-electron chi connectivity index (χ1n) is 10.8. The van der Waals surface area contributed by atoms with E-state index in [0.717, 1.165) is 23.4 Å². The molecule has 0 fully saturated rings. The van der Waals surface area contributed by atoms with Gasteiger partial charge in [-0.15, -0.1) is 0 Å². The molecule has 2 aromatic rings. The Balaban J connectivity index is 1.55. The highest BCUT2D eigenvalue weighted by molar-refractivity contribution is 5.98. The summed E-state index contributed by atoms with van der Waals surface area (Å²) in [6.45, 7) is 7.57. The molecule has 0 spiro atoms. The summed E-state index contributed by atoms with van der Waals surface area (Å²) in [5.74, 6) is 1.24. The molecular weight excluding hydrogens is 392 g/mol. The molecule has 0 aliphatic carbocycles. The zero-order valence-corrected chi connectivity index (χ0v) is 18.5. The van der Waals surface area contributed by atoms with Gasteiger partial charge < -0.3 is 25.4 Å². The number of ether oxygens (including phenoxy) is 1. The van der Waals surface area contributed by atoms with Crippen molar-refractivity contribution in [2.24, 2.45) is 4.99 Å². The van der Waals surface area contributed by atoms with Gasteiger partial charge in [-0.3, -0.25) is 4.79 Å². The molecule has 1 heterocycles. The van der Waals surface area contributed by atoms with E-state index >= 15 is 0 Å². The molecule has 1 aliphatic heterocycles. The number of aliphatic imine (C=N–C) groups is 1. The van der Waals surface area contributed by atoms with Crippen molar-refractivity contribution in [1.29, 1.82) is 0 Å². The van der Waals surface area contributed by atoms with Crippen molar-refractivity contribution in [3.05, 3.63) is 59.7 Å². The van der Waals surface area contributed by atoms with Crippen LogP contribution < -0.4 is 20.3 Å². The standard InChI is InChI=1S/C24H32N4O3/c1-4-25-24(26-15-22(29)19-9-11-20(12-10-19)31-17(2)3)27-16-23(30)28-14-13-18-7-5-6-8-21(18)28/h5-12,17,22,29H,4,13-16H2,1-3H3,(H2,25,26,27). The number of para-hydroxylation sites is 1. The Labute approximate surface area is 184 Å². The molecule has 1 aliphatic rings. The molecule has 1 atom stereocenters. The molecule has 3 N–H and O–H groups in total. The number of aliphatic hydroxyl groups excluding tert-OH is 1. The molecule has 1 amide bonds. The van der Waals surface area contributed by atoms with Gasteiger partial charge in [-0.2, -0.15) is 0 Å². The van der Waals surface area contributed by atoms with E-state index < -0.39 is 6.10 Å². The molecule has 0 saturated heterocycles. The fourth-order valence-electron chi connectivity index (χ4n) is 3.52. The van der Waals surface area contributed by atoms with Crippen LogP contribution in [0.3, 0.4) is 0 Å². The van der Waals surface area contributed by atoms with Crippen LogP contribution in [0.2, 0.25) is 0 Å². The summed E-state index contributed by atoms with van der Waals surface area (Å²) in [5, 5.41) is 16.7. The maximum atomic E-state index is 12.7. The molecular formula is C24H32N4O3. The third kappa shape index (κ3) is 6.21. The number of hydrogen-bond acceptors (Lipinski definition) is 4. The number of anilines is 1. The van der Waals surface area contributed by atoms with E-state index in [1.165, 1.54) is 5.56 Å². The smallest absolute Gasteiger partial charge is 0.248 e. The van der Waals surface area contributed by atoms with E-state index in [1.807, 2.05) is 63.2 Å². The normalized spacial score (nSPS) is 14.4. The number of amides is 1. The highest BCUT2D eigenvalue weighted by Gasteiger charge is 2.23. The van der Waals surface area contributed by atoms with E-state index in [0.29, 0.717) is 19.0 Å². The number of hydrogen-bond donors (Lipinski definition) is 3. The van der Waals surface area contributed by atoms with Crippen LogP contribution >= 0.6 is 0 Å². The van der Waals surface area contributed by atoms with Crippen molar-refractivity contribution < 1.29 is 14.6 Å². The van der Waals surface area contributed by atoms with Crippen LogP contribution in [0.1, 0.15) is 38.0 Å². The first kappa shape index (κ1) is 22.6. The zero-order chi connectivity index (χ0) is 22.2. The summed E-state index contributed by atoms with van der Waals surface area (Å²) in [5.41, 5.74) is 2.95. The van der Waals surface area contributed by atoms with Crippen molar-refractivity contribution in [2.75, 3.05) is 31.1 Å². The van der Waals surface area contributed by atoms with Crippen LogP contribution in [-0.2, 0) is 11.2 Å². The molecule has 7 nitrogen and oxygen atoms in total. The van der Waals surface area contributed by atoms with Crippen LogP contribution in [-0.4, -0.2) is 49.3 Å². The fraction of sp³-hybridized carbons (Fsp3) is 0.417. The van der Waals surface area contributed by atoms with Gasteiger partial charge in [0.25, 0.3) is 0 Å². The van der Waals surface area contributed by atoms with Gasteiger partial charge in [0.05, 0.1) is 12.2 Å². The maximum absolute atomic E-state index is 12.7. The third-order valence-corrected chi connectivity index (χ3v) is 5.00. The number of guanidine groups is 1. The summed E-state index contributed by atoms with van der Waals surface area (Å²) in [4.78, 5) is 18.9. The number of rotatable bonds is 8. The number of aliphatic hydroxyl groups is 1. The predicted octanol–water partition coefficient (Wildman–Crippen LogP) is 2.65. The molecule has 3 rings (SSSR count). The van der Waals surface area contributed by atoms with E-state index in [1.54, 1.807) is 4.90 Å². The minimum absolute atomic E-state index is 0.0385. The molecule has 0 radical (unpaired) electrons. The first-order chi connectivity index (χ1) is 15.0. The lowest BCUT2D eigenvalue weighted by Gasteiger charge is -2.18. The summed E-state index contributed by atoms with van der Waals surface area (Å²) in [7, 11) is 0. The maximum Gasteiger partial charge on any atom is 0.248 e. The number of carbonyl (C=O) groups excluding carboxylic acids is 1. The van der Waals surface area contributed by atoms with Gasteiger partial charge in [-0.25, -0.2) is 4.99 Å². The predicted molar refractivity (Wildman–Crippen MR) is 124 cm³/mol. The van der Waals surface area contributed by atoms with Crippen LogP contribution in [0.4, 0.5) is 5.69 Å². The van der Waals surface area contributed by atoms with Crippen LogP contribution in [0.15, 0.2) is 53.5 Å². The molecule has 0 saturated carbocycles. The number of fused-ring (bicyclic) bond motifs is 1. The van der Waals surface area contributed by atoms with Gasteiger partial charge in [-0.1, -0.05) is 30.3 Å². The molecule has 2 aromatic carbocycles. The largest absolute Gasteiger partial charge is 0.491 e. The van der Waals surface area contributed by atoms with Crippen molar-refractivity contribution in [2.45, 2.75) is 39.4 Å². The average molecular weight is 425 g/mol. The Kier molecular flexibility index (Phi) is 7.89. The van der Waals surface area contributed by atoms with Crippen LogP contribution in [0.5, 0.6) is 5.75 Å². The quantitative estimate of drug-likeness (QED) is 0.448. The van der Waals surface area contributed by atoms with Gasteiger partial charge in [0.2, 0.25) is 5.91 Å². The van der Waals surface area contributed by atoms with E-state index in [4.69, 9.17) is 4.74 Å². The lowest BCUT2D eigenvalue weighted by molar-refractivity contribution is -0.117. The highest BCUT2D eigenvalue weighted by Crippen LogP contribution is 2.27. The highest BCUT2D eigenvalue weighted by atomic mass is 16.5. The number of benzene rings is 2. The van der Waals surface area contributed by atoms with Crippen molar-refractivity contribution in [3.63, 3.8) is 0 Å². The summed E-state index contributed by atoms with van der Waals surface area (Å²) in [6.07, 6.45) is 0.267. The molecule has 1 unspecified atom stereocenters. The molecule has 7 heteroatoms. The first-order valence-corrected chi connectivity index (χ1v) is 10.8. The Hall–Kier alpha value is -3.06. The molecule has 166 valence electrons. The second kappa shape index (κ2) is 10.8. The summed E-state index contributed by atoms with van der Waals surface area (Å²) >= 11 is 0. The van der Waals surface area contributed by atoms with Crippen molar-refractivity contribution in [1.82, 2.24) is 10.6 Å². The van der Waals surface area contributed by atoms with E-state index in [-0.39, 0.29) is 25.1 Å². The third-order valence-electron chi connectivity index (χ3n) is 5.00. The minimum atomic E-state index is -0.710. The monoisotopic (exact) mass is 424 g/mol. The SMILES string of the molecule is CCNC(=NCC(=O)N1CCc2ccccc21)NCC(O)c1ccc(OC(C)C)cc1. The Morgan fingerprint density at radius 2 is 1.90 bits per heavy atom. The van der Waals surface area contributed by atoms with E-state index in [9.17, 15) is 9.90 Å².